The first-order valence-electron chi connectivity index (χ1n) is 11.1. The number of methoxy groups -OCH3 is 2. The van der Waals surface area contributed by atoms with Crippen molar-refractivity contribution >= 4 is 17.3 Å². The molecule has 3 heterocycles. The number of pyridine rings is 1. The van der Waals surface area contributed by atoms with Gasteiger partial charge in [-0.25, -0.2) is 4.39 Å². The summed E-state index contributed by atoms with van der Waals surface area (Å²) >= 11 is 0. The predicted molar refractivity (Wildman–Crippen MR) is 127 cm³/mol. The third-order valence-corrected chi connectivity index (χ3v) is 5.96. The number of anilines is 2. The molecule has 0 bridgehead atoms. The van der Waals surface area contributed by atoms with E-state index in [4.69, 9.17) is 14.2 Å². The van der Waals surface area contributed by atoms with Gasteiger partial charge < -0.3 is 29.8 Å². The smallest absolute Gasteiger partial charge is 0.255 e. The highest BCUT2D eigenvalue weighted by molar-refractivity contribution is 6.06. The maximum atomic E-state index is 14.4. The first-order chi connectivity index (χ1) is 16.3. The second-order valence-electron chi connectivity index (χ2n) is 8.61. The summed E-state index contributed by atoms with van der Waals surface area (Å²) in [6, 6.07) is 6.42. The number of para-hydroxylation sites is 1. The lowest BCUT2D eigenvalue weighted by atomic mass is 10.0. The van der Waals surface area contributed by atoms with Gasteiger partial charge in [0.2, 0.25) is 0 Å². The normalized spacial score (nSPS) is 13.3. The minimum Gasteiger partial charge on any atom is -0.492 e. The van der Waals surface area contributed by atoms with Crippen LogP contribution in [0, 0.1) is 5.82 Å². The Bertz CT molecular complexity index is 1190. The van der Waals surface area contributed by atoms with E-state index in [0.29, 0.717) is 54.4 Å². The zero-order valence-electron chi connectivity index (χ0n) is 19.8. The van der Waals surface area contributed by atoms with E-state index in [0.717, 1.165) is 11.3 Å². The van der Waals surface area contributed by atoms with Crippen LogP contribution >= 0.6 is 0 Å². The van der Waals surface area contributed by atoms with Gasteiger partial charge in [0.1, 0.15) is 5.75 Å². The minimum atomic E-state index is -0.503. The van der Waals surface area contributed by atoms with Crippen LogP contribution in [0.3, 0.4) is 0 Å². The van der Waals surface area contributed by atoms with E-state index >= 15 is 0 Å². The lowest BCUT2D eigenvalue weighted by Crippen LogP contribution is -2.31. The number of benzene rings is 1. The highest BCUT2D eigenvalue weighted by Gasteiger charge is 2.29. The van der Waals surface area contributed by atoms with Crippen LogP contribution in [0.5, 0.6) is 11.5 Å². The largest absolute Gasteiger partial charge is 0.492 e. The molecule has 0 atom stereocenters. The number of fused-ring (bicyclic) bond motifs is 1. The summed E-state index contributed by atoms with van der Waals surface area (Å²) in [5.41, 5.74) is 3.25. The summed E-state index contributed by atoms with van der Waals surface area (Å²) in [4.78, 5) is 20.4. The standard InChI is InChI=1S/C25H29FN4O4/c1-25(2,33-4)10-13-34-19-14-27-11-8-15(19)21-22(20-17(29-21)9-12-28-24(20)31)30-18-7-5-6-16(26)23(18)32-3/h5-8,11,14,29-30H,9-10,12-13H2,1-4H3,(H,28,31). The molecule has 3 N–H and O–H groups in total. The van der Waals surface area contributed by atoms with Gasteiger partial charge in [0, 0.05) is 44.0 Å². The van der Waals surface area contributed by atoms with Gasteiger partial charge in [-0.1, -0.05) is 6.07 Å². The molecule has 1 aliphatic heterocycles. The molecule has 0 aliphatic carbocycles. The number of aromatic nitrogens is 2. The zero-order chi connectivity index (χ0) is 24.3. The number of hydrogen-bond donors (Lipinski definition) is 3. The van der Waals surface area contributed by atoms with Gasteiger partial charge in [-0.05, 0) is 32.0 Å². The van der Waals surface area contributed by atoms with Gasteiger partial charge in [-0.15, -0.1) is 0 Å². The molecule has 34 heavy (non-hydrogen) atoms. The first kappa shape index (κ1) is 23.6. The summed E-state index contributed by atoms with van der Waals surface area (Å²) in [6.07, 6.45) is 4.61. The molecule has 3 aromatic rings. The fraction of sp³-hybridized carbons (Fsp3) is 0.360. The highest BCUT2D eigenvalue weighted by atomic mass is 19.1. The number of halogens is 1. The molecule has 1 amide bonds. The van der Waals surface area contributed by atoms with Crippen LogP contribution in [0.1, 0.15) is 36.3 Å². The number of rotatable bonds is 9. The average molecular weight is 469 g/mol. The second kappa shape index (κ2) is 9.72. The lowest BCUT2D eigenvalue weighted by Gasteiger charge is -2.23. The molecule has 0 spiro atoms. The number of carbonyl (C=O) groups excluding carboxylic acids is 1. The Morgan fingerprint density at radius 3 is 2.82 bits per heavy atom. The van der Waals surface area contributed by atoms with Crippen molar-refractivity contribution in [3.05, 3.63) is 53.7 Å². The molecule has 1 aromatic carbocycles. The molecule has 4 rings (SSSR count). The number of aromatic amines is 1. The Balaban J connectivity index is 1.77. The molecule has 0 unspecified atom stereocenters. The third-order valence-electron chi connectivity index (χ3n) is 5.96. The Morgan fingerprint density at radius 1 is 1.24 bits per heavy atom. The van der Waals surface area contributed by atoms with Crippen molar-refractivity contribution in [1.29, 1.82) is 0 Å². The summed E-state index contributed by atoms with van der Waals surface area (Å²) < 4.78 is 31.2. The van der Waals surface area contributed by atoms with Crippen molar-refractivity contribution in [2.24, 2.45) is 0 Å². The predicted octanol–water partition coefficient (Wildman–Crippen LogP) is 4.45. The zero-order valence-corrected chi connectivity index (χ0v) is 19.8. The Morgan fingerprint density at radius 2 is 2.06 bits per heavy atom. The van der Waals surface area contributed by atoms with Crippen LogP contribution in [0.4, 0.5) is 15.8 Å². The van der Waals surface area contributed by atoms with Crippen molar-refractivity contribution in [2.75, 3.05) is 32.7 Å². The van der Waals surface area contributed by atoms with E-state index in [9.17, 15) is 9.18 Å². The van der Waals surface area contributed by atoms with Gasteiger partial charge in [0.25, 0.3) is 5.91 Å². The average Bonchev–Trinajstić information content (AvgIpc) is 3.19. The molecular formula is C25H29FN4O4. The maximum absolute atomic E-state index is 14.4. The number of nitrogens with zero attached hydrogens (tertiary/aromatic N) is 1. The summed E-state index contributed by atoms with van der Waals surface area (Å²) in [5.74, 6) is -0.0909. The topological polar surface area (TPSA) is 97.5 Å². The molecule has 9 heteroatoms. The quantitative estimate of drug-likeness (QED) is 0.429. The third kappa shape index (κ3) is 4.70. The number of H-pyrrole nitrogens is 1. The second-order valence-corrected chi connectivity index (χ2v) is 8.61. The molecule has 0 radical (unpaired) electrons. The van der Waals surface area contributed by atoms with Crippen LogP contribution in [0.15, 0.2) is 36.7 Å². The Hall–Kier alpha value is -3.59. The fourth-order valence-electron chi connectivity index (χ4n) is 3.87. The van der Waals surface area contributed by atoms with E-state index in [1.54, 1.807) is 31.6 Å². The molecule has 0 saturated heterocycles. The van der Waals surface area contributed by atoms with E-state index in [1.807, 2.05) is 19.9 Å². The van der Waals surface area contributed by atoms with Gasteiger partial charge in [0.15, 0.2) is 11.6 Å². The van der Waals surface area contributed by atoms with Crippen LogP contribution in [-0.2, 0) is 11.2 Å². The maximum Gasteiger partial charge on any atom is 0.255 e. The first-order valence-corrected chi connectivity index (χ1v) is 11.1. The monoisotopic (exact) mass is 468 g/mol. The number of amides is 1. The molecule has 0 fully saturated rings. The Labute approximate surface area is 197 Å². The summed E-state index contributed by atoms with van der Waals surface area (Å²) in [5, 5.41) is 6.11. The van der Waals surface area contributed by atoms with Crippen molar-refractivity contribution in [1.82, 2.24) is 15.3 Å². The SMILES string of the molecule is COc1c(F)cccc1Nc1c(-c2ccncc2OCCC(C)(C)OC)[nH]c2c1C(=O)NCC2. The van der Waals surface area contributed by atoms with Gasteiger partial charge >= 0.3 is 0 Å². The highest BCUT2D eigenvalue weighted by Crippen LogP contribution is 2.42. The van der Waals surface area contributed by atoms with E-state index in [1.165, 1.54) is 13.2 Å². The molecule has 0 saturated carbocycles. The van der Waals surface area contributed by atoms with Gasteiger partial charge in [0.05, 0.1) is 48.1 Å². The van der Waals surface area contributed by atoms with Crippen molar-refractivity contribution in [3.63, 3.8) is 0 Å². The minimum absolute atomic E-state index is 0.0626. The van der Waals surface area contributed by atoms with E-state index in [-0.39, 0.29) is 17.3 Å². The number of carbonyl (C=O) groups is 1. The lowest BCUT2D eigenvalue weighted by molar-refractivity contribution is 0.00547. The summed E-state index contributed by atoms with van der Waals surface area (Å²) in [7, 11) is 3.07. The van der Waals surface area contributed by atoms with Crippen molar-refractivity contribution < 1.29 is 23.4 Å². The number of ether oxygens (including phenoxy) is 3. The summed E-state index contributed by atoms with van der Waals surface area (Å²) in [6.45, 7) is 4.93. The van der Waals surface area contributed by atoms with E-state index in [2.05, 4.69) is 20.6 Å². The number of hydrogen-bond acceptors (Lipinski definition) is 6. The van der Waals surface area contributed by atoms with Crippen LogP contribution in [0.2, 0.25) is 0 Å². The van der Waals surface area contributed by atoms with Crippen LogP contribution < -0.4 is 20.1 Å². The van der Waals surface area contributed by atoms with Crippen LogP contribution in [-0.4, -0.2) is 48.8 Å². The molecular weight excluding hydrogens is 439 g/mol. The number of nitrogens with one attached hydrogen (secondary N) is 3. The molecule has 1 aliphatic rings. The van der Waals surface area contributed by atoms with Gasteiger partial charge in [-0.2, -0.15) is 0 Å². The Kier molecular flexibility index (Phi) is 6.74. The van der Waals surface area contributed by atoms with E-state index < -0.39 is 5.82 Å². The van der Waals surface area contributed by atoms with Crippen molar-refractivity contribution in [2.45, 2.75) is 32.3 Å². The fourth-order valence-corrected chi connectivity index (χ4v) is 3.87. The molecule has 8 nitrogen and oxygen atoms in total. The van der Waals surface area contributed by atoms with Gasteiger partial charge in [-0.3, -0.25) is 9.78 Å². The van der Waals surface area contributed by atoms with Crippen molar-refractivity contribution in [3.8, 4) is 22.8 Å². The van der Waals surface area contributed by atoms with Crippen LogP contribution in [0.25, 0.3) is 11.3 Å². The molecule has 180 valence electrons. The molecule has 2 aromatic heterocycles.